The van der Waals surface area contributed by atoms with Gasteiger partial charge in [-0.2, -0.15) is 10.2 Å². The number of nitrogens with zero attached hydrogens (tertiary/aromatic N) is 2. The number of unbranched alkanes of at least 4 members (excludes halogenated alkanes) is 4. The van der Waals surface area contributed by atoms with E-state index in [0.29, 0.717) is 0 Å². The predicted octanol–water partition coefficient (Wildman–Crippen LogP) is 8.33. The number of aromatic nitrogens is 2. The molecule has 31 heavy (non-hydrogen) atoms. The molecule has 0 amide bonds. The van der Waals surface area contributed by atoms with Crippen LogP contribution in [0.15, 0.2) is 30.3 Å². The van der Waals surface area contributed by atoms with Crippen molar-refractivity contribution in [2.75, 3.05) is 0 Å². The molecule has 1 aliphatic carbocycles. The standard InChI is InChI=1S/C28H41FN2/c1-3-5-6-7-8-10-24-16-17-25(21-27(24)29)28-20-19-26(30-31-28)18-15-23-13-11-22(9-4-2)12-14-23/h16-17,19-23H,3-15,18H2,1-2H3. The lowest BCUT2D eigenvalue weighted by Gasteiger charge is -2.28. The Morgan fingerprint density at radius 1 is 0.774 bits per heavy atom. The first-order chi connectivity index (χ1) is 15.2. The van der Waals surface area contributed by atoms with Crippen molar-refractivity contribution in [3.05, 3.63) is 47.4 Å². The Morgan fingerprint density at radius 3 is 2.16 bits per heavy atom. The molecule has 1 heterocycles. The Kier molecular flexibility index (Phi) is 9.96. The molecule has 0 radical (unpaired) electrons. The number of rotatable bonds is 12. The number of benzene rings is 1. The fourth-order valence-corrected chi connectivity index (χ4v) is 5.04. The Balaban J connectivity index is 1.46. The van der Waals surface area contributed by atoms with Crippen molar-refractivity contribution in [3.63, 3.8) is 0 Å². The second-order valence-corrected chi connectivity index (χ2v) is 9.59. The average molecular weight is 425 g/mol. The topological polar surface area (TPSA) is 25.8 Å². The van der Waals surface area contributed by atoms with Gasteiger partial charge < -0.3 is 0 Å². The molecule has 0 saturated heterocycles. The molecule has 1 fully saturated rings. The van der Waals surface area contributed by atoms with Gasteiger partial charge in [0.25, 0.3) is 0 Å². The lowest BCUT2D eigenvalue weighted by atomic mass is 9.78. The molecule has 170 valence electrons. The van der Waals surface area contributed by atoms with Crippen molar-refractivity contribution in [1.82, 2.24) is 10.2 Å². The first-order valence-corrected chi connectivity index (χ1v) is 12.8. The van der Waals surface area contributed by atoms with Crippen LogP contribution in [-0.4, -0.2) is 10.2 Å². The summed E-state index contributed by atoms with van der Waals surface area (Å²) in [4.78, 5) is 0. The van der Waals surface area contributed by atoms with E-state index in [9.17, 15) is 4.39 Å². The van der Waals surface area contributed by atoms with Gasteiger partial charge in [0.2, 0.25) is 0 Å². The van der Waals surface area contributed by atoms with Crippen LogP contribution in [0.25, 0.3) is 11.3 Å². The molecule has 0 aliphatic heterocycles. The van der Waals surface area contributed by atoms with Gasteiger partial charge in [-0.3, -0.25) is 0 Å². The van der Waals surface area contributed by atoms with Crippen LogP contribution in [-0.2, 0) is 12.8 Å². The van der Waals surface area contributed by atoms with Crippen LogP contribution in [0.2, 0.25) is 0 Å². The van der Waals surface area contributed by atoms with Crippen LogP contribution >= 0.6 is 0 Å². The molecular formula is C28H41FN2. The number of aryl methyl sites for hydroxylation is 2. The zero-order valence-corrected chi connectivity index (χ0v) is 19.7. The van der Waals surface area contributed by atoms with E-state index in [4.69, 9.17) is 0 Å². The third kappa shape index (κ3) is 7.70. The molecule has 3 heteroatoms. The number of halogens is 1. The summed E-state index contributed by atoms with van der Waals surface area (Å²) < 4.78 is 14.5. The molecule has 3 rings (SSSR count). The van der Waals surface area contributed by atoms with E-state index in [1.54, 1.807) is 6.07 Å². The minimum atomic E-state index is -0.113. The summed E-state index contributed by atoms with van der Waals surface area (Å²) in [5.74, 6) is 1.70. The third-order valence-electron chi connectivity index (χ3n) is 7.09. The molecule has 1 aliphatic rings. The summed E-state index contributed by atoms with van der Waals surface area (Å²) in [6.45, 7) is 4.51. The molecule has 0 atom stereocenters. The van der Waals surface area contributed by atoms with Crippen molar-refractivity contribution in [1.29, 1.82) is 0 Å². The first-order valence-electron chi connectivity index (χ1n) is 12.8. The van der Waals surface area contributed by atoms with Crippen molar-refractivity contribution in [2.24, 2.45) is 11.8 Å². The lowest BCUT2D eigenvalue weighted by Crippen LogP contribution is -2.15. The predicted molar refractivity (Wildman–Crippen MR) is 129 cm³/mol. The molecular weight excluding hydrogens is 383 g/mol. The van der Waals surface area contributed by atoms with E-state index in [-0.39, 0.29) is 5.82 Å². The fourth-order valence-electron chi connectivity index (χ4n) is 5.04. The molecule has 1 aromatic carbocycles. The van der Waals surface area contributed by atoms with Crippen molar-refractivity contribution in [2.45, 2.75) is 104 Å². The molecule has 0 bridgehead atoms. The smallest absolute Gasteiger partial charge is 0.127 e. The third-order valence-corrected chi connectivity index (χ3v) is 7.09. The van der Waals surface area contributed by atoms with Crippen molar-refractivity contribution in [3.8, 4) is 11.3 Å². The number of hydrogen-bond donors (Lipinski definition) is 0. The van der Waals surface area contributed by atoms with Gasteiger partial charge in [0.15, 0.2) is 0 Å². The maximum absolute atomic E-state index is 14.5. The van der Waals surface area contributed by atoms with E-state index in [1.807, 2.05) is 18.2 Å². The summed E-state index contributed by atoms with van der Waals surface area (Å²) in [5, 5.41) is 8.84. The monoisotopic (exact) mass is 424 g/mol. The van der Waals surface area contributed by atoms with Gasteiger partial charge in [0.1, 0.15) is 5.82 Å². The van der Waals surface area contributed by atoms with Gasteiger partial charge in [0, 0.05) is 5.56 Å². The highest BCUT2D eigenvalue weighted by atomic mass is 19.1. The van der Waals surface area contributed by atoms with Crippen LogP contribution in [0, 0.1) is 17.7 Å². The zero-order valence-electron chi connectivity index (χ0n) is 19.7. The minimum absolute atomic E-state index is 0.113. The summed E-state index contributed by atoms with van der Waals surface area (Å²) in [5.41, 5.74) is 3.46. The summed E-state index contributed by atoms with van der Waals surface area (Å²) >= 11 is 0. The van der Waals surface area contributed by atoms with Gasteiger partial charge in [-0.1, -0.05) is 90.2 Å². The average Bonchev–Trinajstić information content (AvgIpc) is 2.80. The molecule has 2 aromatic rings. The van der Waals surface area contributed by atoms with Gasteiger partial charge in [-0.15, -0.1) is 0 Å². The molecule has 0 spiro atoms. The summed E-state index contributed by atoms with van der Waals surface area (Å²) in [6, 6.07) is 9.61. The first kappa shape index (κ1) is 23.9. The van der Waals surface area contributed by atoms with Crippen LogP contribution in [0.4, 0.5) is 4.39 Å². The highest BCUT2D eigenvalue weighted by Gasteiger charge is 2.20. The molecule has 1 saturated carbocycles. The van der Waals surface area contributed by atoms with Crippen LogP contribution < -0.4 is 0 Å². The van der Waals surface area contributed by atoms with E-state index >= 15 is 0 Å². The largest absolute Gasteiger partial charge is 0.207 e. The van der Waals surface area contributed by atoms with Gasteiger partial charge in [0.05, 0.1) is 11.4 Å². The second-order valence-electron chi connectivity index (χ2n) is 9.59. The van der Waals surface area contributed by atoms with E-state index < -0.39 is 0 Å². The van der Waals surface area contributed by atoms with E-state index in [1.165, 1.54) is 70.6 Å². The zero-order chi connectivity index (χ0) is 21.9. The Labute approximate surface area is 189 Å². The summed E-state index contributed by atoms with van der Waals surface area (Å²) in [7, 11) is 0. The normalized spacial score (nSPS) is 18.9. The maximum atomic E-state index is 14.5. The molecule has 2 nitrogen and oxygen atoms in total. The van der Waals surface area contributed by atoms with Crippen LogP contribution in [0.5, 0.6) is 0 Å². The molecule has 0 unspecified atom stereocenters. The van der Waals surface area contributed by atoms with Crippen molar-refractivity contribution < 1.29 is 4.39 Å². The SMILES string of the molecule is CCCCCCCc1ccc(-c2ccc(CCC3CCC(CCC)CC3)nn2)cc1F. The van der Waals surface area contributed by atoms with Crippen molar-refractivity contribution >= 4 is 0 Å². The minimum Gasteiger partial charge on any atom is -0.207 e. The number of hydrogen-bond acceptors (Lipinski definition) is 2. The highest BCUT2D eigenvalue weighted by Crippen LogP contribution is 2.33. The summed E-state index contributed by atoms with van der Waals surface area (Å²) in [6.07, 6.45) is 17.3. The fraction of sp³-hybridized carbons (Fsp3) is 0.643. The maximum Gasteiger partial charge on any atom is 0.127 e. The lowest BCUT2D eigenvalue weighted by molar-refractivity contribution is 0.252. The van der Waals surface area contributed by atoms with E-state index in [2.05, 4.69) is 30.1 Å². The van der Waals surface area contributed by atoms with Gasteiger partial charge >= 0.3 is 0 Å². The van der Waals surface area contributed by atoms with Gasteiger partial charge in [-0.25, -0.2) is 4.39 Å². The Bertz CT molecular complexity index is 763. The quantitative estimate of drug-likeness (QED) is 0.320. The van der Waals surface area contributed by atoms with Gasteiger partial charge in [-0.05, 0) is 61.3 Å². The highest BCUT2D eigenvalue weighted by molar-refractivity contribution is 5.59. The Morgan fingerprint density at radius 2 is 1.52 bits per heavy atom. The van der Waals surface area contributed by atoms with Crippen LogP contribution in [0.1, 0.15) is 102 Å². The van der Waals surface area contributed by atoms with Crippen LogP contribution in [0.3, 0.4) is 0 Å². The van der Waals surface area contributed by atoms with E-state index in [0.717, 1.165) is 53.6 Å². The molecule has 1 aromatic heterocycles. The molecule has 0 N–H and O–H groups in total. The second kappa shape index (κ2) is 12.9. The Hall–Kier alpha value is -1.77.